The average molecular weight is 365 g/mol. The van der Waals surface area contributed by atoms with Crippen molar-refractivity contribution in [3.05, 3.63) is 72.0 Å². The number of anilines is 1. The van der Waals surface area contributed by atoms with E-state index in [0.717, 1.165) is 22.6 Å². The molecule has 6 heteroatoms. The summed E-state index contributed by atoms with van der Waals surface area (Å²) in [4.78, 5) is 7.95. The molecule has 2 aromatic carbocycles. The number of ether oxygens (including phenoxy) is 1. The minimum atomic E-state index is -0.402. The van der Waals surface area contributed by atoms with Gasteiger partial charge >= 0.3 is 0 Å². The highest BCUT2D eigenvalue weighted by Gasteiger charge is 2.32. The number of nitrogens with zero attached hydrogens (tertiary/aromatic N) is 2. The fourth-order valence-corrected chi connectivity index (χ4v) is 3.50. The molecule has 0 saturated carbocycles. The van der Waals surface area contributed by atoms with Crippen molar-refractivity contribution in [1.82, 2.24) is 0 Å². The molecule has 2 N–H and O–H groups in total. The predicted octanol–water partition coefficient (Wildman–Crippen LogP) is 4.57. The zero-order valence-corrected chi connectivity index (χ0v) is 15.4. The molecule has 0 amide bonds. The highest BCUT2D eigenvalue weighted by molar-refractivity contribution is 7.98. The normalized spacial score (nSPS) is 16.2. The van der Waals surface area contributed by atoms with Gasteiger partial charge in [0.15, 0.2) is 0 Å². The number of furan rings is 1. The third-order valence-corrected chi connectivity index (χ3v) is 5.15. The topological polar surface area (TPSA) is 64.0 Å². The van der Waals surface area contributed by atoms with Gasteiger partial charge in [-0.1, -0.05) is 12.1 Å². The number of amidine groups is 1. The molecule has 0 spiro atoms. The van der Waals surface area contributed by atoms with E-state index in [1.165, 1.54) is 4.90 Å². The van der Waals surface area contributed by atoms with Crippen LogP contribution in [0.25, 0.3) is 0 Å². The lowest BCUT2D eigenvalue weighted by atomic mass is 10.1. The molecule has 0 radical (unpaired) electrons. The van der Waals surface area contributed by atoms with Crippen molar-refractivity contribution in [2.45, 2.75) is 11.1 Å². The highest BCUT2D eigenvalue weighted by atomic mass is 32.2. The number of hydrogen-bond acceptors (Lipinski definition) is 6. The van der Waals surface area contributed by atoms with E-state index in [-0.39, 0.29) is 0 Å². The summed E-state index contributed by atoms with van der Waals surface area (Å²) >= 11 is 1.70. The number of methoxy groups -OCH3 is 1. The molecule has 0 aliphatic carbocycles. The molecule has 3 aromatic rings. The van der Waals surface area contributed by atoms with Crippen molar-refractivity contribution in [3.63, 3.8) is 0 Å². The summed E-state index contributed by atoms with van der Waals surface area (Å²) in [6.07, 6.45) is 3.27. The molecule has 5 nitrogen and oxygen atoms in total. The molecule has 1 aliphatic heterocycles. The Balaban J connectivity index is 1.89. The van der Waals surface area contributed by atoms with Crippen LogP contribution in [0.1, 0.15) is 17.3 Å². The van der Waals surface area contributed by atoms with Crippen molar-refractivity contribution < 1.29 is 9.15 Å². The van der Waals surface area contributed by atoms with Crippen LogP contribution in [-0.2, 0) is 0 Å². The number of benzene rings is 2. The minimum absolute atomic E-state index is 0.402. The van der Waals surface area contributed by atoms with Gasteiger partial charge in [0.25, 0.3) is 0 Å². The predicted molar refractivity (Wildman–Crippen MR) is 106 cm³/mol. The van der Waals surface area contributed by atoms with Crippen LogP contribution in [-0.4, -0.2) is 19.2 Å². The summed E-state index contributed by atoms with van der Waals surface area (Å²) < 4.78 is 11.1. The van der Waals surface area contributed by atoms with Gasteiger partial charge in [0.05, 0.1) is 24.5 Å². The minimum Gasteiger partial charge on any atom is -0.496 e. The van der Waals surface area contributed by atoms with Crippen molar-refractivity contribution in [2.75, 3.05) is 18.3 Å². The van der Waals surface area contributed by atoms with Gasteiger partial charge in [0, 0.05) is 10.6 Å². The van der Waals surface area contributed by atoms with Gasteiger partial charge in [0.2, 0.25) is 5.88 Å². The van der Waals surface area contributed by atoms with E-state index in [1.54, 1.807) is 25.1 Å². The molecule has 4 rings (SSSR count). The Morgan fingerprint density at radius 1 is 1.12 bits per heavy atom. The first-order valence-corrected chi connectivity index (χ1v) is 9.43. The highest BCUT2D eigenvalue weighted by Crippen LogP contribution is 2.39. The number of para-hydroxylation sites is 1. The third-order valence-electron chi connectivity index (χ3n) is 4.41. The van der Waals surface area contributed by atoms with Crippen LogP contribution >= 0.6 is 11.8 Å². The fraction of sp³-hybridized carbons (Fsp3) is 0.150. The van der Waals surface area contributed by atoms with Crippen LogP contribution in [0.4, 0.5) is 11.6 Å². The lowest BCUT2D eigenvalue weighted by Gasteiger charge is -2.34. The fourth-order valence-electron chi connectivity index (χ4n) is 3.09. The Kier molecular flexibility index (Phi) is 4.44. The average Bonchev–Trinajstić information content (AvgIpc) is 3.17. The van der Waals surface area contributed by atoms with Crippen molar-refractivity contribution in [1.29, 1.82) is 0 Å². The van der Waals surface area contributed by atoms with Gasteiger partial charge in [-0.3, -0.25) is 0 Å². The Labute approximate surface area is 156 Å². The molecule has 0 saturated heterocycles. The summed E-state index contributed by atoms with van der Waals surface area (Å²) in [5.41, 5.74) is 9.28. The van der Waals surface area contributed by atoms with E-state index in [9.17, 15) is 0 Å². The Morgan fingerprint density at radius 3 is 2.62 bits per heavy atom. The summed E-state index contributed by atoms with van der Waals surface area (Å²) in [5.74, 6) is 1.98. The SMILES string of the molecule is COc1ccccc1C1=Nc2occc2C(N)N1c1ccc(SC)cc1. The molecule has 0 fully saturated rings. The summed E-state index contributed by atoms with van der Waals surface area (Å²) in [6, 6.07) is 17.9. The van der Waals surface area contributed by atoms with Gasteiger partial charge in [-0.2, -0.15) is 4.99 Å². The maximum atomic E-state index is 6.60. The summed E-state index contributed by atoms with van der Waals surface area (Å²) in [6.45, 7) is 0. The van der Waals surface area contributed by atoms with Crippen molar-refractivity contribution in [3.8, 4) is 5.75 Å². The first-order valence-electron chi connectivity index (χ1n) is 8.21. The van der Waals surface area contributed by atoms with Gasteiger partial charge in [-0.25, -0.2) is 0 Å². The Morgan fingerprint density at radius 2 is 1.88 bits per heavy atom. The van der Waals surface area contributed by atoms with E-state index in [0.29, 0.717) is 11.7 Å². The summed E-state index contributed by atoms with van der Waals surface area (Å²) in [5, 5.41) is 0. The quantitative estimate of drug-likeness (QED) is 0.686. The first kappa shape index (κ1) is 16.8. The molecule has 1 aromatic heterocycles. The molecule has 1 aliphatic rings. The molecular formula is C20H19N3O2S. The van der Waals surface area contributed by atoms with Crippen molar-refractivity contribution >= 4 is 29.2 Å². The number of aliphatic imine (C=N–C) groups is 1. The number of hydrogen-bond donors (Lipinski definition) is 1. The van der Waals surface area contributed by atoms with E-state index in [2.05, 4.69) is 30.5 Å². The number of nitrogens with two attached hydrogens (primary N) is 1. The molecule has 0 bridgehead atoms. The van der Waals surface area contributed by atoms with Crippen LogP contribution in [0.2, 0.25) is 0 Å². The van der Waals surface area contributed by atoms with Gasteiger partial charge in [-0.05, 0) is 48.7 Å². The van der Waals surface area contributed by atoms with Crippen LogP contribution in [0.3, 0.4) is 0 Å². The van der Waals surface area contributed by atoms with E-state index < -0.39 is 6.17 Å². The first-order chi connectivity index (χ1) is 12.7. The molecular weight excluding hydrogens is 346 g/mol. The van der Waals surface area contributed by atoms with Gasteiger partial charge < -0.3 is 19.8 Å². The molecule has 1 unspecified atom stereocenters. The standard InChI is InChI=1S/C20H19N3O2S/c1-24-17-6-4-3-5-15(17)19-22-20-16(11-12-25-20)18(21)23(19)13-7-9-14(26-2)10-8-13/h3-12,18H,21H2,1-2H3. The van der Waals surface area contributed by atoms with E-state index in [1.807, 2.05) is 35.2 Å². The largest absolute Gasteiger partial charge is 0.496 e. The monoisotopic (exact) mass is 365 g/mol. The van der Waals surface area contributed by atoms with Crippen LogP contribution in [0.15, 0.2) is 75.2 Å². The lowest BCUT2D eigenvalue weighted by Crippen LogP contribution is -2.42. The maximum absolute atomic E-state index is 6.60. The Hall–Kier alpha value is -2.70. The number of thioether (sulfide) groups is 1. The second-order valence-corrected chi connectivity index (χ2v) is 6.71. The molecule has 132 valence electrons. The van der Waals surface area contributed by atoms with Crippen LogP contribution < -0.4 is 15.4 Å². The van der Waals surface area contributed by atoms with E-state index in [4.69, 9.17) is 19.9 Å². The van der Waals surface area contributed by atoms with E-state index >= 15 is 0 Å². The molecule has 26 heavy (non-hydrogen) atoms. The zero-order valence-electron chi connectivity index (χ0n) is 14.5. The summed E-state index contributed by atoms with van der Waals surface area (Å²) in [7, 11) is 1.65. The lowest BCUT2D eigenvalue weighted by molar-refractivity contribution is 0.413. The maximum Gasteiger partial charge on any atom is 0.227 e. The molecule has 1 atom stereocenters. The second kappa shape index (κ2) is 6.90. The smallest absolute Gasteiger partial charge is 0.227 e. The van der Waals surface area contributed by atoms with Crippen molar-refractivity contribution in [2.24, 2.45) is 10.7 Å². The number of fused-ring (bicyclic) bond motifs is 1. The third kappa shape index (κ3) is 2.77. The van der Waals surface area contributed by atoms with Gasteiger partial charge in [0.1, 0.15) is 17.8 Å². The second-order valence-electron chi connectivity index (χ2n) is 5.83. The zero-order chi connectivity index (χ0) is 18.1. The number of rotatable bonds is 4. The Bertz CT molecular complexity index is 950. The van der Waals surface area contributed by atoms with Crippen LogP contribution in [0, 0.1) is 0 Å². The van der Waals surface area contributed by atoms with Crippen LogP contribution in [0.5, 0.6) is 5.75 Å². The van der Waals surface area contributed by atoms with Gasteiger partial charge in [-0.15, -0.1) is 11.8 Å². The molecule has 2 heterocycles.